The van der Waals surface area contributed by atoms with Gasteiger partial charge in [0.15, 0.2) is 0 Å². The highest BCUT2D eigenvalue weighted by Gasteiger charge is 1.89. The molecule has 2 rings (SSSR count). The van der Waals surface area contributed by atoms with Crippen LogP contribution in [0.1, 0.15) is 0 Å². The zero-order valence-corrected chi connectivity index (χ0v) is 5.50. The maximum atomic E-state index is 4.33. The first-order valence-electron chi connectivity index (χ1n) is 3.05. The van der Waals surface area contributed by atoms with Crippen molar-refractivity contribution in [3.8, 4) is 0 Å². The summed E-state index contributed by atoms with van der Waals surface area (Å²) >= 11 is 0. The fraction of sp³-hybridized carbons (Fsp3) is 0.400. The van der Waals surface area contributed by atoms with Crippen LogP contribution in [-0.2, 0) is 0 Å². The van der Waals surface area contributed by atoms with Gasteiger partial charge in [-0.2, -0.15) is 5.53 Å². The lowest BCUT2D eigenvalue weighted by atomic mass is 10.7. The first kappa shape index (κ1) is 7.20. The van der Waals surface area contributed by atoms with Crippen molar-refractivity contribution >= 4 is 0 Å². The molecule has 5 heteroatoms. The van der Waals surface area contributed by atoms with Gasteiger partial charge in [0.2, 0.25) is 0 Å². The van der Waals surface area contributed by atoms with Crippen LogP contribution in [0.5, 0.6) is 0 Å². The Morgan fingerprint density at radius 1 is 1.30 bits per heavy atom. The molecular weight excluding hydrogens is 132 g/mol. The van der Waals surface area contributed by atoms with Gasteiger partial charge in [-0.25, -0.2) is 10.9 Å². The zero-order valence-electron chi connectivity index (χ0n) is 5.50. The van der Waals surface area contributed by atoms with Crippen molar-refractivity contribution in [2.75, 3.05) is 13.1 Å². The molecule has 1 fully saturated rings. The Balaban J connectivity index is 0.0000001000. The minimum Gasteiger partial charge on any atom is -0.365 e. The summed E-state index contributed by atoms with van der Waals surface area (Å²) in [7, 11) is 0. The van der Waals surface area contributed by atoms with Gasteiger partial charge in [-0.05, 0) is 6.07 Å². The van der Waals surface area contributed by atoms with Crippen LogP contribution in [0.4, 0.5) is 0 Å². The largest absolute Gasteiger partial charge is 0.365 e. The van der Waals surface area contributed by atoms with Crippen LogP contribution in [0.3, 0.4) is 0 Å². The number of nitrogens with zero attached hydrogens (tertiary/aromatic N) is 1. The molecule has 5 nitrogen and oxygen atoms in total. The summed E-state index contributed by atoms with van der Waals surface area (Å²) in [6.45, 7) is 2.06. The quantitative estimate of drug-likeness (QED) is 0.446. The van der Waals surface area contributed by atoms with E-state index in [1.54, 1.807) is 12.3 Å². The third-order valence-electron chi connectivity index (χ3n) is 0.899. The van der Waals surface area contributed by atoms with E-state index in [0.29, 0.717) is 0 Å². The normalized spacial score (nSPS) is 16.0. The first-order valence-corrected chi connectivity index (χ1v) is 3.05. The van der Waals surface area contributed by atoms with Crippen molar-refractivity contribution in [2.45, 2.75) is 0 Å². The molecule has 56 valence electrons. The molecule has 1 aromatic rings. The smallest absolute Gasteiger partial charge is 0.123 e. The Bertz CT molecular complexity index is 113. The highest BCUT2D eigenvalue weighted by Crippen LogP contribution is 1.72. The molecule has 0 radical (unpaired) electrons. The van der Waals surface area contributed by atoms with Gasteiger partial charge in [0.1, 0.15) is 6.26 Å². The highest BCUT2D eigenvalue weighted by molar-refractivity contribution is 4.67. The number of hydrazine groups is 2. The van der Waals surface area contributed by atoms with E-state index in [9.17, 15) is 0 Å². The predicted octanol–water partition coefficient (Wildman–Crippen LogP) is -0.727. The average molecular weight is 142 g/mol. The summed E-state index contributed by atoms with van der Waals surface area (Å²) < 4.78 is 4.33. The van der Waals surface area contributed by atoms with Crippen LogP contribution in [0, 0.1) is 0 Å². The molecule has 0 atom stereocenters. The second-order valence-electron chi connectivity index (χ2n) is 1.67. The van der Waals surface area contributed by atoms with Crippen LogP contribution in [-0.4, -0.2) is 18.2 Å². The standard InChI is InChI=1S/C3H3NO.C2H7N3/c2*1-2-4-5-3-1/h1-3H;3-5H,1-2H2. The van der Waals surface area contributed by atoms with E-state index in [1.807, 2.05) is 0 Å². The van der Waals surface area contributed by atoms with E-state index in [2.05, 4.69) is 26.1 Å². The summed E-state index contributed by atoms with van der Waals surface area (Å²) in [4.78, 5) is 0. The van der Waals surface area contributed by atoms with Gasteiger partial charge in [0.05, 0.1) is 6.20 Å². The lowest BCUT2D eigenvalue weighted by Crippen LogP contribution is -2.29. The molecule has 1 saturated heterocycles. The number of hydrogen-bond donors (Lipinski definition) is 3. The fourth-order valence-corrected chi connectivity index (χ4v) is 0.488. The van der Waals surface area contributed by atoms with Gasteiger partial charge < -0.3 is 4.52 Å². The minimum atomic E-state index is 1.03. The number of rotatable bonds is 0. The van der Waals surface area contributed by atoms with Gasteiger partial charge in [0, 0.05) is 13.1 Å². The molecule has 10 heavy (non-hydrogen) atoms. The third-order valence-corrected chi connectivity index (χ3v) is 0.899. The van der Waals surface area contributed by atoms with Crippen LogP contribution < -0.4 is 16.4 Å². The first-order chi connectivity index (χ1) is 5.00. The molecule has 0 spiro atoms. The lowest BCUT2D eigenvalue weighted by Gasteiger charge is -1.82. The molecule has 0 saturated carbocycles. The topological polar surface area (TPSA) is 62.1 Å². The van der Waals surface area contributed by atoms with Crippen LogP contribution >= 0.6 is 0 Å². The van der Waals surface area contributed by atoms with Crippen LogP contribution in [0.2, 0.25) is 0 Å². The molecule has 1 aromatic heterocycles. The molecule has 3 N–H and O–H groups in total. The summed E-state index contributed by atoms with van der Waals surface area (Å²) in [5.41, 5.74) is 8.44. The van der Waals surface area contributed by atoms with Crippen molar-refractivity contribution in [1.82, 2.24) is 21.5 Å². The molecule has 0 unspecified atom stereocenters. The Morgan fingerprint density at radius 3 is 2.30 bits per heavy atom. The second kappa shape index (κ2) is 4.92. The molecular formula is C5H10N4O. The zero-order chi connectivity index (χ0) is 7.07. The number of aromatic nitrogens is 1. The van der Waals surface area contributed by atoms with Gasteiger partial charge in [-0.3, -0.25) is 0 Å². The van der Waals surface area contributed by atoms with Crippen molar-refractivity contribution in [2.24, 2.45) is 0 Å². The fourth-order valence-electron chi connectivity index (χ4n) is 0.488. The second-order valence-corrected chi connectivity index (χ2v) is 1.67. The van der Waals surface area contributed by atoms with Crippen molar-refractivity contribution in [3.05, 3.63) is 18.5 Å². The van der Waals surface area contributed by atoms with Gasteiger partial charge in [-0.1, -0.05) is 5.16 Å². The Hall–Kier alpha value is -0.910. The Labute approximate surface area is 58.7 Å². The lowest BCUT2D eigenvalue weighted by molar-refractivity contribution is 0.420. The van der Waals surface area contributed by atoms with Crippen molar-refractivity contribution in [3.63, 3.8) is 0 Å². The molecule has 2 heterocycles. The van der Waals surface area contributed by atoms with Crippen LogP contribution in [0.25, 0.3) is 0 Å². The number of hydrogen-bond acceptors (Lipinski definition) is 5. The summed E-state index contributed by atoms with van der Waals surface area (Å²) in [5.74, 6) is 0. The Kier molecular flexibility index (Phi) is 3.54. The van der Waals surface area contributed by atoms with Crippen molar-refractivity contribution in [1.29, 1.82) is 0 Å². The third kappa shape index (κ3) is 3.18. The van der Waals surface area contributed by atoms with Gasteiger partial charge >= 0.3 is 0 Å². The maximum Gasteiger partial charge on any atom is 0.123 e. The summed E-state index contributed by atoms with van der Waals surface area (Å²) in [6.07, 6.45) is 3.10. The highest BCUT2D eigenvalue weighted by atomic mass is 16.5. The summed E-state index contributed by atoms with van der Waals surface area (Å²) in [6, 6.07) is 1.72. The molecule has 1 aliphatic heterocycles. The van der Waals surface area contributed by atoms with E-state index in [-0.39, 0.29) is 0 Å². The monoisotopic (exact) mass is 142 g/mol. The van der Waals surface area contributed by atoms with E-state index >= 15 is 0 Å². The van der Waals surface area contributed by atoms with E-state index in [4.69, 9.17) is 0 Å². The van der Waals surface area contributed by atoms with E-state index in [0.717, 1.165) is 13.1 Å². The minimum absolute atomic E-state index is 1.03. The van der Waals surface area contributed by atoms with E-state index < -0.39 is 0 Å². The van der Waals surface area contributed by atoms with Gasteiger partial charge in [-0.15, -0.1) is 0 Å². The van der Waals surface area contributed by atoms with Crippen LogP contribution in [0.15, 0.2) is 23.0 Å². The molecule has 1 aliphatic rings. The summed E-state index contributed by atoms with van der Waals surface area (Å²) in [5, 5.41) is 3.35. The van der Waals surface area contributed by atoms with Gasteiger partial charge in [0.25, 0.3) is 0 Å². The maximum absolute atomic E-state index is 4.33. The SMILES string of the molecule is C1CNNN1.c1cnoc1. The number of nitrogens with one attached hydrogen (secondary N) is 3. The molecule has 0 bridgehead atoms. The average Bonchev–Trinajstić information content (AvgIpc) is 2.67. The van der Waals surface area contributed by atoms with E-state index in [1.165, 1.54) is 6.26 Å². The Morgan fingerprint density at radius 2 is 2.10 bits per heavy atom. The van der Waals surface area contributed by atoms with Crippen molar-refractivity contribution < 1.29 is 4.52 Å². The molecule has 0 aromatic carbocycles. The molecule has 0 amide bonds. The predicted molar refractivity (Wildman–Crippen MR) is 35.6 cm³/mol. The molecule has 0 aliphatic carbocycles.